The van der Waals surface area contributed by atoms with Crippen molar-refractivity contribution in [1.82, 2.24) is 0 Å². The number of hydrogen-bond acceptors (Lipinski definition) is 2. The number of allylic oxidation sites excluding steroid dienone is 3. The van der Waals surface area contributed by atoms with Gasteiger partial charge in [-0.3, -0.25) is 4.55 Å². The highest BCUT2D eigenvalue weighted by molar-refractivity contribution is 7.87. The maximum absolute atomic E-state index is 11.2. The van der Waals surface area contributed by atoms with E-state index in [0.717, 1.165) is 12.0 Å². The first-order chi connectivity index (χ1) is 6.45. The van der Waals surface area contributed by atoms with Crippen LogP contribution in [0.2, 0.25) is 0 Å². The van der Waals surface area contributed by atoms with Gasteiger partial charge in [-0.05, 0) is 19.3 Å². The molecule has 4 heteroatoms. The standard InChI is InChI=1S/C10H16O3S/c1-3-9-5-7-10(4-2,8-6-9)14(11,12)13/h5-7H,3-4,8H2,1-2H3,(H,11,12,13). The Labute approximate surface area is 85.3 Å². The lowest BCUT2D eigenvalue weighted by molar-refractivity contribution is 0.440. The van der Waals surface area contributed by atoms with Crippen LogP contribution in [0.1, 0.15) is 33.1 Å². The average molecular weight is 216 g/mol. The predicted octanol–water partition coefficient (Wildman–Crippen LogP) is 2.32. The van der Waals surface area contributed by atoms with Crippen LogP contribution in [0.5, 0.6) is 0 Å². The van der Waals surface area contributed by atoms with Gasteiger partial charge in [-0.2, -0.15) is 8.42 Å². The average Bonchev–Trinajstić information content (AvgIpc) is 2.16. The van der Waals surface area contributed by atoms with E-state index < -0.39 is 14.9 Å². The Morgan fingerprint density at radius 2 is 2.14 bits per heavy atom. The fourth-order valence-corrected chi connectivity index (χ4v) is 2.50. The van der Waals surface area contributed by atoms with E-state index in [-0.39, 0.29) is 0 Å². The summed E-state index contributed by atoms with van der Waals surface area (Å²) in [5.74, 6) is 0. The fourth-order valence-electron chi connectivity index (χ4n) is 1.60. The summed E-state index contributed by atoms with van der Waals surface area (Å²) in [6.45, 7) is 3.78. The summed E-state index contributed by atoms with van der Waals surface area (Å²) in [6, 6.07) is 0. The topological polar surface area (TPSA) is 54.4 Å². The zero-order valence-corrected chi connectivity index (χ0v) is 9.34. The van der Waals surface area contributed by atoms with Crippen molar-refractivity contribution in [3.8, 4) is 0 Å². The maximum Gasteiger partial charge on any atom is 0.274 e. The van der Waals surface area contributed by atoms with Gasteiger partial charge >= 0.3 is 0 Å². The highest BCUT2D eigenvalue weighted by atomic mass is 32.2. The van der Waals surface area contributed by atoms with Crippen molar-refractivity contribution in [1.29, 1.82) is 0 Å². The van der Waals surface area contributed by atoms with Crippen LogP contribution < -0.4 is 0 Å². The Morgan fingerprint density at radius 3 is 2.43 bits per heavy atom. The third-order valence-corrected chi connectivity index (χ3v) is 4.45. The molecule has 1 unspecified atom stereocenters. The molecule has 80 valence electrons. The molecule has 0 aromatic rings. The van der Waals surface area contributed by atoms with E-state index in [1.165, 1.54) is 0 Å². The molecule has 0 amide bonds. The molecule has 0 aromatic heterocycles. The van der Waals surface area contributed by atoms with Crippen molar-refractivity contribution in [2.45, 2.75) is 37.9 Å². The molecule has 0 saturated heterocycles. The Hall–Kier alpha value is -0.610. The Morgan fingerprint density at radius 1 is 1.50 bits per heavy atom. The van der Waals surface area contributed by atoms with Gasteiger partial charge in [0.25, 0.3) is 10.1 Å². The van der Waals surface area contributed by atoms with Crippen LogP contribution in [0.25, 0.3) is 0 Å². The van der Waals surface area contributed by atoms with E-state index in [9.17, 15) is 8.42 Å². The van der Waals surface area contributed by atoms with Gasteiger partial charge in [0.15, 0.2) is 0 Å². The molecule has 0 bridgehead atoms. The monoisotopic (exact) mass is 216 g/mol. The molecular formula is C10H16O3S. The van der Waals surface area contributed by atoms with Crippen LogP contribution in [0.3, 0.4) is 0 Å². The third kappa shape index (κ3) is 1.91. The molecule has 0 radical (unpaired) electrons. The lowest BCUT2D eigenvalue weighted by Gasteiger charge is -2.27. The Balaban J connectivity index is 3.02. The SMILES string of the molecule is CCC1=CCC(CC)(S(=O)(=O)O)C=C1. The van der Waals surface area contributed by atoms with Gasteiger partial charge in [-0.25, -0.2) is 0 Å². The normalized spacial score (nSPS) is 27.5. The van der Waals surface area contributed by atoms with Gasteiger partial charge in [-0.1, -0.05) is 37.6 Å². The molecule has 0 aromatic carbocycles. The molecule has 1 aliphatic rings. The zero-order valence-electron chi connectivity index (χ0n) is 8.53. The molecule has 0 fully saturated rings. The third-order valence-electron chi connectivity index (χ3n) is 2.83. The van der Waals surface area contributed by atoms with Crippen LogP contribution in [0, 0.1) is 0 Å². The lowest BCUT2D eigenvalue weighted by Crippen LogP contribution is -2.36. The first-order valence-electron chi connectivity index (χ1n) is 4.80. The van der Waals surface area contributed by atoms with Crippen molar-refractivity contribution in [3.05, 3.63) is 23.8 Å². The lowest BCUT2D eigenvalue weighted by atomic mass is 9.93. The summed E-state index contributed by atoms with van der Waals surface area (Å²) in [5, 5.41) is 0. The minimum Gasteiger partial charge on any atom is -0.285 e. The number of hydrogen-bond donors (Lipinski definition) is 1. The summed E-state index contributed by atoms with van der Waals surface area (Å²) in [7, 11) is -4.00. The van der Waals surface area contributed by atoms with Crippen LogP contribution in [-0.4, -0.2) is 17.7 Å². The van der Waals surface area contributed by atoms with Crippen LogP contribution in [0.15, 0.2) is 23.8 Å². The quantitative estimate of drug-likeness (QED) is 0.736. The van der Waals surface area contributed by atoms with Crippen molar-refractivity contribution in [2.24, 2.45) is 0 Å². The van der Waals surface area contributed by atoms with Crippen molar-refractivity contribution < 1.29 is 13.0 Å². The molecule has 1 rings (SSSR count). The van der Waals surface area contributed by atoms with E-state index in [1.54, 1.807) is 19.1 Å². The first kappa shape index (κ1) is 11.5. The van der Waals surface area contributed by atoms with Crippen molar-refractivity contribution >= 4 is 10.1 Å². The molecule has 1 N–H and O–H groups in total. The summed E-state index contributed by atoms with van der Waals surface area (Å²) in [5.41, 5.74) is 1.12. The molecule has 0 heterocycles. The van der Waals surface area contributed by atoms with Gasteiger partial charge in [0.05, 0.1) is 0 Å². The molecular weight excluding hydrogens is 200 g/mol. The van der Waals surface area contributed by atoms with Gasteiger partial charge in [0, 0.05) is 0 Å². The van der Waals surface area contributed by atoms with Crippen molar-refractivity contribution in [2.75, 3.05) is 0 Å². The molecule has 0 aliphatic heterocycles. The first-order valence-corrected chi connectivity index (χ1v) is 6.24. The Kier molecular flexibility index (Phi) is 3.17. The smallest absolute Gasteiger partial charge is 0.274 e. The van der Waals surface area contributed by atoms with Crippen LogP contribution in [0.4, 0.5) is 0 Å². The molecule has 1 aliphatic carbocycles. The highest BCUT2D eigenvalue weighted by Gasteiger charge is 2.38. The van der Waals surface area contributed by atoms with E-state index >= 15 is 0 Å². The summed E-state index contributed by atoms with van der Waals surface area (Å²) < 4.78 is 30.5. The second-order valence-corrected chi connectivity index (χ2v) is 5.33. The van der Waals surface area contributed by atoms with E-state index in [0.29, 0.717) is 12.8 Å². The van der Waals surface area contributed by atoms with Gasteiger partial charge in [0.2, 0.25) is 0 Å². The van der Waals surface area contributed by atoms with Crippen LogP contribution in [-0.2, 0) is 10.1 Å². The maximum atomic E-state index is 11.2. The second kappa shape index (κ2) is 3.87. The Bertz CT molecular complexity index is 365. The predicted molar refractivity (Wildman–Crippen MR) is 56.7 cm³/mol. The summed E-state index contributed by atoms with van der Waals surface area (Å²) in [4.78, 5) is 0. The molecule has 0 spiro atoms. The zero-order chi connectivity index (χ0) is 10.8. The van der Waals surface area contributed by atoms with Crippen LogP contribution >= 0.6 is 0 Å². The molecule has 0 saturated carbocycles. The van der Waals surface area contributed by atoms with Crippen molar-refractivity contribution in [3.63, 3.8) is 0 Å². The highest BCUT2D eigenvalue weighted by Crippen LogP contribution is 2.32. The molecule has 14 heavy (non-hydrogen) atoms. The molecule has 1 atom stereocenters. The fraction of sp³-hybridized carbons (Fsp3) is 0.600. The summed E-state index contributed by atoms with van der Waals surface area (Å²) >= 11 is 0. The minimum absolute atomic E-state index is 0.377. The van der Waals surface area contributed by atoms with E-state index in [1.807, 2.05) is 13.0 Å². The largest absolute Gasteiger partial charge is 0.285 e. The van der Waals surface area contributed by atoms with Gasteiger partial charge in [0.1, 0.15) is 4.75 Å². The minimum atomic E-state index is -4.00. The van der Waals surface area contributed by atoms with Gasteiger partial charge < -0.3 is 0 Å². The van der Waals surface area contributed by atoms with E-state index in [4.69, 9.17) is 4.55 Å². The number of rotatable bonds is 3. The van der Waals surface area contributed by atoms with E-state index in [2.05, 4.69) is 0 Å². The summed E-state index contributed by atoms with van der Waals surface area (Å²) in [6.07, 6.45) is 6.96. The molecule has 3 nitrogen and oxygen atoms in total. The van der Waals surface area contributed by atoms with Gasteiger partial charge in [-0.15, -0.1) is 0 Å². The second-order valence-electron chi connectivity index (χ2n) is 3.56.